The first kappa shape index (κ1) is 26.1. The third-order valence-corrected chi connectivity index (χ3v) is 5.61. The lowest BCUT2D eigenvalue weighted by Gasteiger charge is -2.22. The van der Waals surface area contributed by atoms with Crippen LogP contribution < -0.4 is 0 Å². The van der Waals surface area contributed by atoms with Gasteiger partial charge in [-0.25, -0.2) is 0 Å². The molecule has 9 nitrogen and oxygen atoms in total. The molecule has 31 heavy (non-hydrogen) atoms. The molecule has 0 aromatic heterocycles. The standard InChI is InChI=1S/C21H34O9S/c22-31(23,20-6-2-1-3-7-20)30-19-17-27-15-13-25-11-10-24-12-14-26-16-18-29-21-8-4-5-9-28-21/h1-3,6-7,21H,4-5,8-19H2. The Morgan fingerprint density at radius 1 is 0.742 bits per heavy atom. The van der Waals surface area contributed by atoms with Crippen molar-refractivity contribution in [3.63, 3.8) is 0 Å². The number of rotatable bonds is 18. The zero-order valence-corrected chi connectivity index (χ0v) is 18.8. The van der Waals surface area contributed by atoms with Crippen LogP contribution in [0, 0.1) is 0 Å². The van der Waals surface area contributed by atoms with E-state index in [0.29, 0.717) is 52.9 Å². The maximum Gasteiger partial charge on any atom is 0.297 e. The molecule has 1 aliphatic rings. The summed E-state index contributed by atoms with van der Waals surface area (Å²) < 4.78 is 61.3. The summed E-state index contributed by atoms with van der Waals surface area (Å²) in [6.45, 7) is 4.61. The smallest absolute Gasteiger partial charge is 0.297 e. The van der Waals surface area contributed by atoms with Gasteiger partial charge in [-0.05, 0) is 31.4 Å². The van der Waals surface area contributed by atoms with Crippen LogP contribution in [0.5, 0.6) is 0 Å². The molecular formula is C21H34O9S. The summed E-state index contributed by atoms with van der Waals surface area (Å²) in [5.41, 5.74) is 0. The van der Waals surface area contributed by atoms with Gasteiger partial charge in [-0.15, -0.1) is 0 Å². The lowest BCUT2D eigenvalue weighted by Crippen LogP contribution is -2.24. The van der Waals surface area contributed by atoms with Gasteiger partial charge in [-0.2, -0.15) is 8.42 Å². The van der Waals surface area contributed by atoms with Crippen molar-refractivity contribution in [2.45, 2.75) is 30.4 Å². The summed E-state index contributed by atoms with van der Waals surface area (Å²) in [6, 6.07) is 8.00. The summed E-state index contributed by atoms with van der Waals surface area (Å²) in [5.74, 6) is 0. The van der Waals surface area contributed by atoms with Crippen LogP contribution >= 0.6 is 0 Å². The minimum Gasteiger partial charge on any atom is -0.377 e. The Labute approximate surface area is 185 Å². The average molecular weight is 463 g/mol. The molecular weight excluding hydrogens is 428 g/mol. The number of hydrogen-bond acceptors (Lipinski definition) is 9. The van der Waals surface area contributed by atoms with E-state index in [1.165, 1.54) is 12.1 Å². The third-order valence-electron chi connectivity index (χ3n) is 4.28. The summed E-state index contributed by atoms with van der Waals surface area (Å²) >= 11 is 0. The Bertz CT molecular complexity index is 648. The maximum absolute atomic E-state index is 11.9. The van der Waals surface area contributed by atoms with E-state index in [4.69, 9.17) is 32.6 Å². The van der Waals surface area contributed by atoms with Crippen molar-refractivity contribution in [1.29, 1.82) is 0 Å². The molecule has 0 amide bonds. The van der Waals surface area contributed by atoms with Crippen LogP contribution in [0.2, 0.25) is 0 Å². The summed E-state index contributed by atoms with van der Waals surface area (Å²) in [4.78, 5) is 0.131. The zero-order chi connectivity index (χ0) is 22.0. The molecule has 2 rings (SSSR count). The molecule has 1 aliphatic heterocycles. The summed E-state index contributed by atoms with van der Waals surface area (Å²) in [7, 11) is -3.73. The number of hydrogen-bond donors (Lipinski definition) is 0. The van der Waals surface area contributed by atoms with Gasteiger partial charge >= 0.3 is 0 Å². The minimum atomic E-state index is -3.73. The van der Waals surface area contributed by atoms with E-state index in [-0.39, 0.29) is 24.4 Å². The van der Waals surface area contributed by atoms with Gasteiger partial charge in [0, 0.05) is 6.61 Å². The predicted molar refractivity (Wildman–Crippen MR) is 112 cm³/mol. The first-order valence-electron chi connectivity index (χ1n) is 10.7. The zero-order valence-electron chi connectivity index (χ0n) is 17.9. The van der Waals surface area contributed by atoms with Crippen molar-refractivity contribution < 1.29 is 41.0 Å². The molecule has 0 aliphatic carbocycles. The largest absolute Gasteiger partial charge is 0.377 e. The highest BCUT2D eigenvalue weighted by Crippen LogP contribution is 2.13. The van der Waals surface area contributed by atoms with Crippen molar-refractivity contribution in [2.75, 3.05) is 72.7 Å². The normalized spacial score (nSPS) is 17.1. The molecule has 178 valence electrons. The van der Waals surface area contributed by atoms with Crippen molar-refractivity contribution in [3.05, 3.63) is 30.3 Å². The van der Waals surface area contributed by atoms with E-state index in [1.807, 2.05) is 0 Å². The topological polar surface area (TPSA) is 98.8 Å². The SMILES string of the molecule is O=S(=O)(OCCOCCOCCOCCOCCOC1CCCCO1)c1ccccc1. The van der Waals surface area contributed by atoms with Crippen molar-refractivity contribution >= 4 is 10.1 Å². The Morgan fingerprint density at radius 2 is 1.29 bits per heavy atom. The van der Waals surface area contributed by atoms with Crippen LogP contribution in [0.4, 0.5) is 0 Å². The Morgan fingerprint density at radius 3 is 1.84 bits per heavy atom. The van der Waals surface area contributed by atoms with Crippen LogP contribution in [0.25, 0.3) is 0 Å². The van der Waals surface area contributed by atoms with Gasteiger partial charge in [0.2, 0.25) is 0 Å². The number of benzene rings is 1. The second-order valence-corrected chi connectivity index (χ2v) is 8.32. The van der Waals surface area contributed by atoms with Gasteiger partial charge in [0.1, 0.15) is 0 Å². The Balaban J connectivity index is 1.29. The molecule has 0 radical (unpaired) electrons. The molecule has 0 spiro atoms. The second-order valence-electron chi connectivity index (χ2n) is 6.71. The first-order valence-corrected chi connectivity index (χ1v) is 12.1. The Kier molecular flexibility index (Phi) is 13.9. The molecule has 1 saturated heterocycles. The van der Waals surface area contributed by atoms with E-state index in [0.717, 1.165) is 25.9 Å². The average Bonchev–Trinajstić information content (AvgIpc) is 2.80. The second kappa shape index (κ2) is 16.5. The minimum absolute atomic E-state index is 0.0426. The summed E-state index contributed by atoms with van der Waals surface area (Å²) in [6.07, 6.45) is 3.14. The van der Waals surface area contributed by atoms with E-state index in [9.17, 15) is 8.42 Å². The van der Waals surface area contributed by atoms with Gasteiger partial charge in [0.25, 0.3) is 10.1 Å². The fourth-order valence-corrected chi connectivity index (χ4v) is 3.61. The van der Waals surface area contributed by atoms with Gasteiger partial charge in [0.15, 0.2) is 6.29 Å². The van der Waals surface area contributed by atoms with Gasteiger partial charge < -0.3 is 28.4 Å². The molecule has 1 unspecified atom stereocenters. The van der Waals surface area contributed by atoms with Crippen molar-refractivity contribution in [1.82, 2.24) is 0 Å². The highest BCUT2D eigenvalue weighted by Gasteiger charge is 2.14. The monoisotopic (exact) mass is 462 g/mol. The molecule has 1 atom stereocenters. The highest BCUT2D eigenvalue weighted by molar-refractivity contribution is 7.86. The van der Waals surface area contributed by atoms with Crippen LogP contribution in [0.15, 0.2) is 35.2 Å². The van der Waals surface area contributed by atoms with E-state index >= 15 is 0 Å². The molecule has 1 aromatic carbocycles. The van der Waals surface area contributed by atoms with E-state index in [1.54, 1.807) is 18.2 Å². The summed E-state index contributed by atoms with van der Waals surface area (Å²) in [5, 5.41) is 0. The van der Waals surface area contributed by atoms with Crippen LogP contribution in [0.1, 0.15) is 19.3 Å². The first-order chi connectivity index (χ1) is 15.2. The lowest BCUT2D eigenvalue weighted by molar-refractivity contribution is -0.169. The van der Waals surface area contributed by atoms with Crippen LogP contribution in [0.3, 0.4) is 0 Å². The fourth-order valence-electron chi connectivity index (χ4n) is 2.70. The predicted octanol–water partition coefficient (Wildman–Crippen LogP) is 2.00. The molecule has 1 heterocycles. The quantitative estimate of drug-likeness (QED) is 0.240. The van der Waals surface area contributed by atoms with E-state index < -0.39 is 10.1 Å². The van der Waals surface area contributed by atoms with Gasteiger partial charge in [-0.3, -0.25) is 4.18 Å². The van der Waals surface area contributed by atoms with Gasteiger partial charge in [-0.1, -0.05) is 18.2 Å². The fraction of sp³-hybridized carbons (Fsp3) is 0.714. The highest BCUT2D eigenvalue weighted by atomic mass is 32.2. The van der Waals surface area contributed by atoms with Crippen LogP contribution in [-0.4, -0.2) is 87.4 Å². The maximum atomic E-state index is 11.9. The van der Waals surface area contributed by atoms with Crippen LogP contribution in [-0.2, 0) is 42.7 Å². The third kappa shape index (κ3) is 12.5. The molecule has 10 heteroatoms. The van der Waals surface area contributed by atoms with Crippen molar-refractivity contribution in [2.24, 2.45) is 0 Å². The molecule has 0 saturated carbocycles. The van der Waals surface area contributed by atoms with E-state index in [2.05, 4.69) is 0 Å². The van der Waals surface area contributed by atoms with Gasteiger partial charge in [0.05, 0.1) is 71.0 Å². The lowest BCUT2D eigenvalue weighted by atomic mass is 10.2. The molecule has 0 bridgehead atoms. The molecule has 1 fully saturated rings. The molecule has 1 aromatic rings. The molecule has 0 N–H and O–H groups in total. The number of ether oxygens (including phenoxy) is 6. The van der Waals surface area contributed by atoms with Crippen molar-refractivity contribution in [3.8, 4) is 0 Å². The Hall–Kier alpha value is -1.11.